The van der Waals surface area contributed by atoms with Crippen LogP contribution in [0.2, 0.25) is 0 Å². The average Bonchev–Trinajstić information content (AvgIpc) is 2.36. The third-order valence-electron chi connectivity index (χ3n) is 3.02. The van der Waals surface area contributed by atoms with Gasteiger partial charge in [0.25, 0.3) is 0 Å². The summed E-state index contributed by atoms with van der Waals surface area (Å²) in [5.41, 5.74) is 2.14. The first-order chi connectivity index (χ1) is 8.54. The largest absolute Gasteiger partial charge is 0.328 e. The average molecular weight is 248 g/mol. The zero-order valence-corrected chi connectivity index (χ0v) is 11.9. The lowest BCUT2D eigenvalue weighted by molar-refractivity contribution is 0.222. The maximum atomic E-state index is 11.9. The van der Waals surface area contributed by atoms with Crippen molar-refractivity contribution in [2.24, 2.45) is 0 Å². The molecule has 0 atom stereocenters. The minimum absolute atomic E-state index is 0.0410. The molecule has 3 nitrogen and oxygen atoms in total. The molecule has 2 amide bonds. The van der Waals surface area contributed by atoms with Crippen molar-refractivity contribution in [3.05, 3.63) is 29.8 Å². The summed E-state index contributed by atoms with van der Waals surface area (Å²) < 4.78 is 0. The summed E-state index contributed by atoms with van der Waals surface area (Å²) in [5.74, 6) is 0.516. The zero-order chi connectivity index (χ0) is 13.5. The van der Waals surface area contributed by atoms with Crippen LogP contribution in [0.15, 0.2) is 24.3 Å². The Morgan fingerprint density at radius 3 is 2.39 bits per heavy atom. The summed E-state index contributed by atoms with van der Waals surface area (Å²) in [5, 5.41) is 2.90. The van der Waals surface area contributed by atoms with E-state index in [1.807, 2.05) is 19.2 Å². The monoisotopic (exact) mass is 248 g/mol. The molecule has 0 aliphatic rings. The van der Waals surface area contributed by atoms with Crippen LogP contribution in [-0.2, 0) is 0 Å². The Labute approximate surface area is 110 Å². The predicted molar refractivity (Wildman–Crippen MR) is 77.1 cm³/mol. The third kappa shape index (κ3) is 4.40. The molecule has 0 spiro atoms. The number of anilines is 1. The fraction of sp³-hybridized carbons (Fsp3) is 0.533. The van der Waals surface area contributed by atoms with Gasteiger partial charge in [-0.1, -0.05) is 39.3 Å². The van der Waals surface area contributed by atoms with Crippen molar-refractivity contribution in [3.8, 4) is 0 Å². The lowest BCUT2D eigenvalue weighted by Crippen LogP contribution is -2.32. The number of hydrogen-bond donors (Lipinski definition) is 1. The first kappa shape index (κ1) is 14.6. The molecule has 1 aromatic rings. The molecule has 0 fully saturated rings. The molecule has 0 bridgehead atoms. The smallest absolute Gasteiger partial charge is 0.321 e. The highest BCUT2D eigenvalue weighted by molar-refractivity contribution is 5.89. The van der Waals surface area contributed by atoms with Crippen LogP contribution in [0, 0.1) is 0 Å². The van der Waals surface area contributed by atoms with E-state index in [0.717, 1.165) is 25.1 Å². The Balaban J connectivity index is 2.53. The van der Waals surface area contributed by atoms with Gasteiger partial charge >= 0.3 is 6.03 Å². The Morgan fingerprint density at radius 1 is 1.28 bits per heavy atom. The number of benzene rings is 1. The van der Waals surface area contributed by atoms with Crippen LogP contribution >= 0.6 is 0 Å². The second kappa shape index (κ2) is 7.04. The van der Waals surface area contributed by atoms with Crippen molar-refractivity contribution in [1.82, 2.24) is 4.90 Å². The molecule has 3 heteroatoms. The van der Waals surface area contributed by atoms with Crippen molar-refractivity contribution in [2.75, 3.05) is 18.9 Å². The molecular formula is C15H24N2O. The van der Waals surface area contributed by atoms with Crippen molar-refractivity contribution in [2.45, 2.75) is 39.5 Å². The number of nitrogens with one attached hydrogen (secondary N) is 1. The second-order valence-electron chi connectivity index (χ2n) is 4.98. The Morgan fingerprint density at radius 2 is 1.89 bits per heavy atom. The zero-order valence-electron chi connectivity index (χ0n) is 11.9. The number of amides is 2. The van der Waals surface area contributed by atoms with Gasteiger partial charge in [-0.25, -0.2) is 4.79 Å². The number of nitrogens with zero attached hydrogens (tertiary/aromatic N) is 1. The van der Waals surface area contributed by atoms with Gasteiger partial charge in [0.15, 0.2) is 0 Å². The minimum atomic E-state index is -0.0410. The molecule has 0 aliphatic heterocycles. The lowest BCUT2D eigenvalue weighted by Gasteiger charge is -2.17. The van der Waals surface area contributed by atoms with E-state index in [9.17, 15) is 4.79 Å². The van der Waals surface area contributed by atoms with E-state index in [4.69, 9.17) is 0 Å². The minimum Gasteiger partial charge on any atom is -0.328 e. The van der Waals surface area contributed by atoms with Crippen LogP contribution in [0.4, 0.5) is 10.5 Å². The summed E-state index contributed by atoms with van der Waals surface area (Å²) in [7, 11) is 1.83. The van der Waals surface area contributed by atoms with Crippen LogP contribution in [0.3, 0.4) is 0 Å². The molecule has 0 aromatic heterocycles. The predicted octanol–water partition coefficient (Wildman–Crippen LogP) is 4.07. The summed E-state index contributed by atoms with van der Waals surface area (Å²) in [4.78, 5) is 13.6. The van der Waals surface area contributed by atoms with Gasteiger partial charge in [0.1, 0.15) is 0 Å². The van der Waals surface area contributed by atoms with Gasteiger partial charge < -0.3 is 10.2 Å². The number of rotatable bonds is 5. The van der Waals surface area contributed by atoms with E-state index in [-0.39, 0.29) is 6.03 Å². The van der Waals surface area contributed by atoms with Crippen molar-refractivity contribution >= 4 is 11.7 Å². The SMILES string of the molecule is CCCCN(C)C(=O)Nc1ccc(C(C)C)cc1. The van der Waals surface area contributed by atoms with Crippen LogP contribution in [-0.4, -0.2) is 24.5 Å². The molecule has 0 aliphatic carbocycles. The highest BCUT2D eigenvalue weighted by Gasteiger charge is 2.08. The van der Waals surface area contributed by atoms with E-state index in [2.05, 4.69) is 38.2 Å². The maximum absolute atomic E-state index is 11.9. The van der Waals surface area contributed by atoms with Crippen molar-refractivity contribution in [3.63, 3.8) is 0 Å². The number of carbonyl (C=O) groups excluding carboxylic acids is 1. The van der Waals surface area contributed by atoms with Gasteiger partial charge in [-0.05, 0) is 30.0 Å². The van der Waals surface area contributed by atoms with Gasteiger partial charge in [-0.3, -0.25) is 0 Å². The lowest BCUT2D eigenvalue weighted by atomic mass is 10.0. The number of urea groups is 1. The molecule has 0 radical (unpaired) electrons. The summed E-state index contributed by atoms with van der Waals surface area (Å²) in [6.45, 7) is 7.24. The Hall–Kier alpha value is -1.51. The maximum Gasteiger partial charge on any atom is 0.321 e. The normalized spacial score (nSPS) is 10.5. The van der Waals surface area contributed by atoms with Gasteiger partial charge in [0.2, 0.25) is 0 Å². The van der Waals surface area contributed by atoms with Crippen molar-refractivity contribution < 1.29 is 4.79 Å². The summed E-state index contributed by atoms with van der Waals surface area (Å²) in [6.07, 6.45) is 2.14. The molecule has 1 aromatic carbocycles. The fourth-order valence-corrected chi connectivity index (χ4v) is 1.67. The second-order valence-corrected chi connectivity index (χ2v) is 4.98. The van der Waals surface area contributed by atoms with Gasteiger partial charge in [-0.2, -0.15) is 0 Å². The van der Waals surface area contributed by atoms with Gasteiger partial charge in [-0.15, -0.1) is 0 Å². The summed E-state index contributed by atoms with van der Waals surface area (Å²) >= 11 is 0. The first-order valence-corrected chi connectivity index (χ1v) is 6.66. The molecular weight excluding hydrogens is 224 g/mol. The van der Waals surface area contributed by atoms with Crippen LogP contribution in [0.25, 0.3) is 0 Å². The molecule has 0 saturated carbocycles. The molecule has 0 saturated heterocycles. The highest BCUT2D eigenvalue weighted by atomic mass is 16.2. The topological polar surface area (TPSA) is 32.3 Å². The summed E-state index contributed by atoms with van der Waals surface area (Å²) in [6, 6.07) is 8.00. The van der Waals surface area contributed by atoms with Gasteiger partial charge in [0, 0.05) is 19.3 Å². The Kier molecular flexibility index (Phi) is 5.69. The highest BCUT2D eigenvalue weighted by Crippen LogP contribution is 2.17. The van der Waals surface area contributed by atoms with E-state index < -0.39 is 0 Å². The molecule has 0 heterocycles. The number of hydrogen-bond acceptors (Lipinski definition) is 1. The van der Waals surface area contributed by atoms with Crippen LogP contribution < -0.4 is 5.32 Å². The molecule has 1 N–H and O–H groups in total. The van der Waals surface area contributed by atoms with E-state index in [1.165, 1.54) is 5.56 Å². The number of unbranched alkanes of at least 4 members (excludes halogenated alkanes) is 1. The Bertz CT molecular complexity index is 371. The standard InChI is InChI=1S/C15H24N2O/c1-5-6-11-17(4)15(18)16-14-9-7-13(8-10-14)12(2)3/h7-10,12H,5-6,11H2,1-4H3,(H,16,18). The fourth-order valence-electron chi connectivity index (χ4n) is 1.67. The number of carbonyl (C=O) groups is 1. The third-order valence-corrected chi connectivity index (χ3v) is 3.02. The van der Waals surface area contributed by atoms with Crippen LogP contribution in [0.5, 0.6) is 0 Å². The van der Waals surface area contributed by atoms with E-state index in [1.54, 1.807) is 4.90 Å². The quantitative estimate of drug-likeness (QED) is 0.837. The molecule has 1 rings (SSSR count). The van der Waals surface area contributed by atoms with E-state index in [0.29, 0.717) is 5.92 Å². The first-order valence-electron chi connectivity index (χ1n) is 6.66. The molecule has 18 heavy (non-hydrogen) atoms. The van der Waals surface area contributed by atoms with Gasteiger partial charge in [0.05, 0.1) is 0 Å². The van der Waals surface area contributed by atoms with Crippen LogP contribution in [0.1, 0.15) is 45.1 Å². The van der Waals surface area contributed by atoms with E-state index >= 15 is 0 Å². The molecule has 100 valence electrons. The molecule has 0 unspecified atom stereocenters. The van der Waals surface area contributed by atoms with Crippen molar-refractivity contribution in [1.29, 1.82) is 0 Å².